The van der Waals surface area contributed by atoms with Gasteiger partial charge in [0.15, 0.2) is 0 Å². The minimum absolute atomic E-state index is 0.0203. The van der Waals surface area contributed by atoms with Crippen molar-refractivity contribution in [2.45, 2.75) is 25.9 Å². The largest absolute Gasteiger partial charge is 0.433 e. The van der Waals surface area contributed by atoms with Crippen LogP contribution in [0.15, 0.2) is 55.0 Å². The molecule has 6 nitrogen and oxygen atoms in total. The second-order valence-electron chi connectivity index (χ2n) is 7.57. The van der Waals surface area contributed by atoms with Crippen molar-refractivity contribution in [3.05, 3.63) is 66.4 Å². The summed E-state index contributed by atoms with van der Waals surface area (Å²) in [7, 11) is 0. The molecule has 1 aromatic carbocycles. The van der Waals surface area contributed by atoms with Crippen molar-refractivity contribution in [1.82, 2.24) is 9.97 Å². The smallest absolute Gasteiger partial charge is 0.394 e. The molecule has 2 aromatic heterocycles. The summed E-state index contributed by atoms with van der Waals surface area (Å²) in [5.41, 5.74) is 1.81. The number of benzene rings is 1. The number of anilines is 2. The summed E-state index contributed by atoms with van der Waals surface area (Å²) in [5.74, 6) is -0.267. The highest BCUT2D eigenvalue weighted by molar-refractivity contribution is 6.05. The summed E-state index contributed by atoms with van der Waals surface area (Å²) in [5, 5.41) is 2.70. The number of nitrogens with zero attached hydrogens (tertiary/aromatic N) is 3. The fourth-order valence-electron chi connectivity index (χ4n) is 3.55. The van der Waals surface area contributed by atoms with E-state index in [0.29, 0.717) is 29.6 Å². The summed E-state index contributed by atoms with van der Waals surface area (Å²) < 4.78 is 44.2. The number of nitrogens with one attached hydrogen (secondary N) is 1. The van der Waals surface area contributed by atoms with Gasteiger partial charge in [0, 0.05) is 49.2 Å². The predicted octanol–water partition coefficient (Wildman–Crippen LogP) is 5.13. The number of amides is 1. The van der Waals surface area contributed by atoms with Gasteiger partial charge in [-0.3, -0.25) is 9.78 Å². The lowest BCUT2D eigenvalue weighted by molar-refractivity contribution is -0.158. The number of hydrogen-bond acceptors (Lipinski definition) is 5. The summed E-state index contributed by atoms with van der Waals surface area (Å²) in [6, 6.07) is 8.61. The van der Waals surface area contributed by atoms with Gasteiger partial charge in [-0.15, -0.1) is 0 Å². The molecule has 0 radical (unpaired) electrons. The molecule has 0 saturated carbocycles. The lowest BCUT2D eigenvalue weighted by Gasteiger charge is -2.20. The van der Waals surface area contributed by atoms with Crippen LogP contribution in [-0.4, -0.2) is 35.1 Å². The van der Waals surface area contributed by atoms with Crippen LogP contribution in [0.4, 0.5) is 24.7 Å². The van der Waals surface area contributed by atoms with E-state index in [2.05, 4.69) is 24.9 Å². The normalized spacial score (nSPS) is 13.8. The molecule has 166 valence electrons. The summed E-state index contributed by atoms with van der Waals surface area (Å²) in [6.07, 6.45) is 2.89. The number of pyridine rings is 2. The van der Waals surface area contributed by atoms with Crippen molar-refractivity contribution in [3.63, 3.8) is 0 Å². The van der Waals surface area contributed by atoms with Gasteiger partial charge in [0.2, 0.25) is 0 Å². The highest BCUT2D eigenvalue weighted by Gasteiger charge is 2.23. The van der Waals surface area contributed by atoms with Gasteiger partial charge in [-0.25, -0.2) is 9.37 Å². The van der Waals surface area contributed by atoms with E-state index in [0.717, 1.165) is 32.1 Å². The SMILES string of the molecule is CC(F)(F)Oc1ccc(NC(=O)c2cnc(N3CCCC3)c(-c3cncc(F)c3)c2)cc1. The molecule has 1 fully saturated rings. The number of hydrogen-bond donors (Lipinski definition) is 1. The summed E-state index contributed by atoms with van der Waals surface area (Å²) in [4.78, 5) is 23.3. The highest BCUT2D eigenvalue weighted by atomic mass is 19.3. The maximum Gasteiger partial charge on any atom is 0.394 e. The Hall–Kier alpha value is -3.62. The Morgan fingerprint density at radius 2 is 1.81 bits per heavy atom. The third kappa shape index (κ3) is 5.16. The predicted molar refractivity (Wildman–Crippen MR) is 115 cm³/mol. The lowest BCUT2D eigenvalue weighted by Crippen LogP contribution is -2.21. The zero-order chi connectivity index (χ0) is 22.7. The molecule has 32 heavy (non-hydrogen) atoms. The summed E-state index contributed by atoms with van der Waals surface area (Å²) >= 11 is 0. The first kappa shape index (κ1) is 21.6. The Bertz CT molecular complexity index is 1110. The van der Waals surface area contributed by atoms with Gasteiger partial charge in [0.25, 0.3) is 5.91 Å². The van der Waals surface area contributed by atoms with Gasteiger partial charge in [0.05, 0.1) is 11.8 Å². The van der Waals surface area contributed by atoms with Crippen molar-refractivity contribution in [2.24, 2.45) is 0 Å². The van der Waals surface area contributed by atoms with E-state index >= 15 is 0 Å². The molecule has 1 aliphatic heterocycles. The van der Waals surface area contributed by atoms with Crippen molar-refractivity contribution in [3.8, 4) is 16.9 Å². The molecule has 9 heteroatoms. The Morgan fingerprint density at radius 1 is 1.09 bits per heavy atom. The molecule has 0 spiro atoms. The van der Waals surface area contributed by atoms with Gasteiger partial charge in [-0.05, 0) is 49.2 Å². The van der Waals surface area contributed by atoms with E-state index in [1.54, 1.807) is 6.07 Å². The van der Waals surface area contributed by atoms with Gasteiger partial charge >= 0.3 is 6.11 Å². The van der Waals surface area contributed by atoms with Crippen LogP contribution >= 0.6 is 0 Å². The van der Waals surface area contributed by atoms with Crippen LogP contribution in [0.2, 0.25) is 0 Å². The maximum absolute atomic E-state index is 13.8. The average molecular weight is 442 g/mol. The molecule has 0 aliphatic carbocycles. The van der Waals surface area contributed by atoms with E-state index < -0.39 is 17.8 Å². The van der Waals surface area contributed by atoms with Crippen LogP contribution in [0.5, 0.6) is 5.75 Å². The lowest BCUT2D eigenvalue weighted by atomic mass is 10.1. The third-order valence-corrected chi connectivity index (χ3v) is 4.96. The molecular formula is C23H21F3N4O2. The minimum Gasteiger partial charge on any atom is -0.433 e. The van der Waals surface area contributed by atoms with E-state index in [-0.39, 0.29) is 11.3 Å². The van der Waals surface area contributed by atoms with Crippen LogP contribution in [0.25, 0.3) is 11.1 Å². The third-order valence-electron chi connectivity index (χ3n) is 4.96. The number of carbonyl (C=O) groups is 1. The quantitative estimate of drug-likeness (QED) is 0.574. The second-order valence-corrected chi connectivity index (χ2v) is 7.57. The van der Waals surface area contributed by atoms with E-state index in [1.807, 2.05) is 0 Å². The zero-order valence-corrected chi connectivity index (χ0v) is 17.3. The number of aromatic nitrogens is 2. The van der Waals surface area contributed by atoms with E-state index in [4.69, 9.17) is 0 Å². The molecule has 1 aliphatic rings. The Morgan fingerprint density at radius 3 is 2.47 bits per heavy atom. The van der Waals surface area contributed by atoms with Crippen molar-refractivity contribution in [1.29, 1.82) is 0 Å². The first-order valence-corrected chi connectivity index (χ1v) is 10.1. The number of ether oxygens (including phenoxy) is 1. The molecule has 0 atom stereocenters. The van der Waals surface area contributed by atoms with Crippen LogP contribution in [0.1, 0.15) is 30.1 Å². The Kier molecular flexibility index (Phi) is 5.98. The number of rotatable bonds is 6. The van der Waals surface area contributed by atoms with Crippen LogP contribution < -0.4 is 15.0 Å². The minimum atomic E-state index is -3.30. The zero-order valence-electron chi connectivity index (χ0n) is 17.3. The van der Waals surface area contributed by atoms with Crippen molar-refractivity contribution < 1.29 is 22.7 Å². The Balaban J connectivity index is 1.59. The molecular weight excluding hydrogens is 421 g/mol. The van der Waals surface area contributed by atoms with Gasteiger partial charge < -0.3 is 15.0 Å². The van der Waals surface area contributed by atoms with Gasteiger partial charge in [-0.1, -0.05) is 0 Å². The van der Waals surface area contributed by atoms with Crippen LogP contribution in [0, 0.1) is 5.82 Å². The fraction of sp³-hybridized carbons (Fsp3) is 0.261. The fourth-order valence-corrected chi connectivity index (χ4v) is 3.55. The number of carbonyl (C=O) groups excluding carboxylic acids is 1. The highest BCUT2D eigenvalue weighted by Crippen LogP contribution is 2.32. The standard InChI is InChI=1S/C23H21F3N4O2/c1-23(25,26)32-19-6-4-18(5-7-19)29-22(31)16-11-20(15-10-17(24)14-27-12-15)21(28-13-16)30-8-2-3-9-30/h4-7,10-14H,2-3,8-9H2,1H3,(H,29,31). The molecule has 1 saturated heterocycles. The molecule has 3 heterocycles. The van der Waals surface area contributed by atoms with Crippen molar-refractivity contribution in [2.75, 3.05) is 23.3 Å². The first-order valence-electron chi connectivity index (χ1n) is 10.1. The Labute approximate surface area is 183 Å². The van der Waals surface area contributed by atoms with Gasteiger partial charge in [0.1, 0.15) is 17.4 Å². The molecule has 4 rings (SSSR count). The summed E-state index contributed by atoms with van der Waals surface area (Å²) in [6.45, 7) is 2.31. The van der Waals surface area contributed by atoms with E-state index in [9.17, 15) is 18.0 Å². The van der Waals surface area contributed by atoms with Gasteiger partial charge in [-0.2, -0.15) is 8.78 Å². The monoisotopic (exact) mass is 442 g/mol. The maximum atomic E-state index is 13.8. The number of alkyl halides is 2. The molecule has 3 aromatic rings. The van der Waals surface area contributed by atoms with E-state index in [1.165, 1.54) is 42.7 Å². The second kappa shape index (κ2) is 8.86. The first-order chi connectivity index (χ1) is 15.3. The topological polar surface area (TPSA) is 67.3 Å². The molecule has 0 unspecified atom stereocenters. The van der Waals surface area contributed by atoms with Crippen LogP contribution in [-0.2, 0) is 0 Å². The molecule has 1 N–H and O–H groups in total. The van der Waals surface area contributed by atoms with Crippen molar-refractivity contribution >= 4 is 17.4 Å². The number of halogens is 3. The molecule has 0 bridgehead atoms. The molecule has 1 amide bonds. The average Bonchev–Trinajstić information content (AvgIpc) is 3.28. The van der Waals surface area contributed by atoms with Crippen LogP contribution in [0.3, 0.4) is 0 Å².